The quantitative estimate of drug-likeness (QED) is 0.638. The van der Waals surface area contributed by atoms with Crippen LogP contribution in [0.1, 0.15) is 10.6 Å². The van der Waals surface area contributed by atoms with Crippen LogP contribution in [-0.2, 0) is 0 Å². The number of piperazine rings is 1. The third-order valence-corrected chi connectivity index (χ3v) is 4.45. The monoisotopic (exact) mass is 419 g/mol. The Bertz CT molecular complexity index is 1000. The molecule has 9 nitrogen and oxygen atoms in total. The van der Waals surface area contributed by atoms with Crippen molar-refractivity contribution in [1.82, 2.24) is 30.1 Å². The SMILES string of the molecule is O=C(c1nnn(-c2ccc(OC(F)(F)F)cc2)n1)N1CCN(c2ccccn2)CC1. The van der Waals surface area contributed by atoms with E-state index in [1.54, 1.807) is 11.1 Å². The molecule has 0 aliphatic carbocycles. The van der Waals surface area contributed by atoms with Crippen molar-refractivity contribution in [2.75, 3.05) is 31.1 Å². The van der Waals surface area contributed by atoms with E-state index in [0.29, 0.717) is 31.9 Å². The third-order valence-electron chi connectivity index (χ3n) is 4.45. The molecule has 4 rings (SSSR count). The number of pyridine rings is 1. The predicted molar refractivity (Wildman–Crippen MR) is 98.2 cm³/mol. The molecule has 0 spiro atoms. The van der Waals surface area contributed by atoms with E-state index in [0.717, 1.165) is 22.7 Å². The first-order valence-electron chi connectivity index (χ1n) is 9.00. The van der Waals surface area contributed by atoms with Gasteiger partial charge in [-0.05, 0) is 41.6 Å². The normalized spacial score (nSPS) is 14.6. The minimum Gasteiger partial charge on any atom is -0.406 e. The van der Waals surface area contributed by atoms with E-state index in [9.17, 15) is 18.0 Å². The molecule has 1 fully saturated rings. The van der Waals surface area contributed by atoms with Gasteiger partial charge in [0.1, 0.15) is 11.6 Å². The van der Waals surface area contributed by atoms with Crippen molar-refractivity contribution in [2.45, 2.75) is 6.36 Å². The van der Waals surface area contributed by atoms with Crippen LogP contribution in [0.15, 0.2) is 48.7 Å². The minimum atomic E-state index is -4.77. The highest BCUT2D eigenvalue weighted by Gasteiger charge is 2.31. The number of halogens is 3. The summed E-state index contributed by atoms with van der Waals surface area (Å²) in [6, 6.07) is 10.6. The summed E-state index contributed by atoms with van der Waals surface area (Å²) in [6.07, 6.45) is -3.05. The number of hydrogen-bond acceptors (Lipinski definition) is 7. The predicted octanol–water partition coefficient (Wildman–Crippen LogP) is 1.92. The summed E-state index contributed by atoms with van der Waals surface area (Å²) in [7, 11) is 0. The number of nitrogens with zero attached hydrogens (tertiary/aromatic N) is 7. The van der Waals surface area contributed by atoms with E-state index >= 15 is 0 Å². The Labute approximate surface area is 168 Å². The summed E-state index contributed by atoms with van der Waals surface area (Å²) >= 11 is 0. The second-order valence-electron chi connectivity index (χ2n) is 6.41. The molecular weight excluding hydrogens is 403 g/mol. The van der Waals surface area contributed by atoms with Crippen LogP contribution in [0.5, 0.6) is 5.75 Å². The smallest absolute Gasteiger partial charge is 0.406 e. The first-order chi connectivity index (χ1) is 14.4. The standard InChI is InChI=1S/C18H16F3N7O2/c19-18(20,21)30-14-6-4-13(5-7-14)28-24-16(23-25-28)17(29)27-11-9-26(10-12-27)15-3-1-2-8-22-15/h1-8H,9-12H2. The molecule has 0 saturated carbocycles. The van der Waals surface area contributed by atoms with E-state index in [4.69, 9.17) is 0 Å². The number of aromatic nitrogens is 5. The van der Waals surface area contributed by atoms with Crippen molar-refractivity contribution in [2.24, 2.45) is 0 Å². The molecule has 1 amide bonds. The lowest BCUT2D eigenvalue weighted by Gasteiger charge is -2.34. The van der Waals surface area contributed by atoms with Crippen LogP contribution >= 0.6 is 0 Å². The van der Waals surface area contributed by atoms with Crippen LogP contribution in [0.2, 0.25) is 0 Å². The second kappa shape index (κ2) is 7.97. The molecule has 0 N–H and O–H groups in total. The maximum Gasteiger partial charge on any atom is 0.573 e. The summed E-state index contributed by atoms with van der Waals surface area (Å²) < 4.78 is 40.6. The number of alkyl halides is 3. The van der Waals surface area contributed by atoms with Gasteiger partial charge in [-0.1, -0.05) is 6.07 Å². The van der Waals surface area contributed by atoms with Gasteiger partial charge >= 0.3 is 6.36 Å². The van der Waals surface area contributed by atoms with Crippen molar-refractivity contribution in [3.63, 3.8) is 0 Å². The van der Waals surface area contributed by atoms with E-state index in [2.05, 4.69) is 30.0 Å². The highest BCUT2D eigenvalue weighted by atomic mass is 19.4. The molecule has 1 aromatic carbocycles. The first-order valence-corrected chi connectivity index (χ1v) is 9.00. The van der Waals surface area contributed by atoms with Gasteiger partial charge in [0.2, 0.25) is 0 Å². The molecule has 1 saturated heterocycles. The molecule has 3 heterocycles. The van der Waals surface area contributed by atoms with E-state index < -0.39 is 6.36 Å². The molecule has 156 valence electrons. The largest absolute Gasteiger partial charge is 0.573 e. The molecule has 3 aromatic rings. The van der Waals surface area contributed by atoms with E-state index in [1.165, 1.54) is 12.1 Å². The maximum atomic E-state index is 12.7. The summed E-state index contributed by atoms with van der Waals surface area (Å²) in [5.74, 6) is 0.0379. The van der Waals surface area contributed by atoms with E-state index in [1.807, 2.05) is 18.2 Å². The zero-order valence-electron chi connectivity index (χ0n) is 15.5. The molecule has 2 aromatic heterocycles. The van der Waals surface area contributed by atoms with Crippen molar-refractivity contribution in [3.05, 3.63) is 54.5 Å². The average molecular weight is 419 g/mol. The molecular formula is C18H16F3N7O2. The zero-order chi connectivity index (χ0) is 21.1. The first kappa shape index (κ1) is 19.6. The Morgan fingerprint density at radius 2 is 1.73 bits per heavy atom. The highest BCUT2D eigenvalue weighted by molar-refractivity contribution is 5.90. The minimum absolute atomic E-state index is 0.0862. The van der Waals surface area contributed by atoms with Gasteiger partial charge in [-0.25, -0.2) is 4.98 Å². The van der Waals surface area contributed by atoms with Crippen molar-refractivity contribution >= 4 is 11.7 Å². The number of amides is 1. The number of carbonyl (C=O) groups is 1. The molecule has 1 aliphatic heterocycles. The zero-order valence-corrected chi connectivity index (χ0v) is 15.5. The Morgan fingerprint density at radius 1 is 1.00 bits per heavy atom. The van der Waals surface area contributed by atoms with Gasteiger partial charge in [0.25, 0.3) is 11.7 Å². The third kappa shape index (κ3) is 4.47. The number of anilines is 1. The van der Waals surface area contributed by atoms with Crippen LogP contribution in [0.25, 0.3) is 5.69 Å². The van der Waals surface area contributed by atoms with Crippen molar-refractivity contribution < 1.29 is 22.7 Å². The fourth-order valence-corrected chi connectivity index (χ4v) is 3.01. The maximum absolute atomic E-state index is 12.7. The molecule has 0 unspecified atom stereocenters. The molecule has 0 atom stereocenters. The number of rotatable bonds is 4. The van der Waals surface area contributed by atoms with Gasteiger partial charge in [-0.3, -0.25) is 4.79 Å². The van der Waals surface area contributed by atoms with Gasteiger partial charge in [0.05, 0.1) is 5.69 Å². The lowest BCUT2D eigenvalue weighted by atomic mass is 10.3. The fourth-order valence-electron chi connectivity index (χ4n) is 3.01. The van der Waals surface area contributed by atoms with Crippen LogP contribution in [0.4, 0.5) is 19.0 Å². The summed E-state index contributed by atoms with van der Waals surface area (Å²) in [4.78, 5) is 21.8. The van der Waals surface area contributed by atoms with Crippen molar-refractivity contribution in [3.8, 4) is 11.4 Å². The Morgan fingerprint density at radius 3 is 2.37 bits per heavy atom. The summed E-state index contributed by atoms with van der Waals surface area (Å²) in [5, 5.41) is 11.6. The number of tetrazole rings is 1. The number of carbonyl (C=O) groups excluding carboxylic acids is 1. The topological polar surface area (TPSA) is 89.3 Å². The average Bonchev–Trinajstić information content (AvgIpc) is 3.24. The molecule has 1 aliphatic rings. The van der Waals surface area contributed by atoms with Gasteiger partial charge in [-0.15, -0.1) is 28.2 Å². The highest BCUT2D eigenvalue weighted by Crippen LogP contribution is 2.23. The molecule has 12 heteroatoms. The number of ether oxygens (including phenoxy) is 1. The Balaban J connectivity index is 1.39. The number of benzene rings is 1. The van der Waals surface area contributed by atoms with Gasteiger partial charge in [0.15, 0.2) is 0 Å². The second-order valence-corrected chi connectivity index (χ2v) is 6.41. The lowest BCUT2D eigenvalue weighted by Crippen LogP contribution is -2.49. The summed E-state index contributed by atoms with van der Waals surface area (Å²) in [6.45, 7) is 2.20. The Kier molecular flexibility index (Phi) is 5.21. The molecule has 0 bridgehead atoms. The van der Waals surface area contributed by atoms with Crippen LogP contribution in [0.3, 0.4) is 0 Å². The summed E-state index contributed by atoms with van der Waals surface area (Å²) in [5.41, 5.74) is 0.344. The van der Waals surface area contributed by atoms with Gasteiger partial charge in [0, 0.05) is 32.4 Å². The van der Waals surface area contributed by atoms with Gasteiger partial charge < -0.3 is 14.5 Å². The van der Waals surface area contributed by atoms with Gasteiger partial charge in [-0.2, -0.15) is 0 Å². The van der Waals surface area contributed by atoms with Crippen LogP contribution in [-0.4, -0.2) is 68.5 Å². The Hall–Kier alpha value is -3.70. The van der Waals surface area contributed by atoms with Crippen LogP contribution in [0, 0.1) is 0 Å². The lowest BCUT2D eigenvalue weighted by molar-refractivity contribution is -0.274. The number of hydrogen-bond donors (Lipinski definition) is 0. The van der Waals surface area contributed by atoms with Crippen LogP contribution < -0.4 is 9.64 Å². The fraction of sp³-hybridized carbons (Fsp3) is 0.278. The van der Waals surface area contributed by atoms with E-state index in [-0.39, 0.29) is 17.5 Å². The molecule has 0 radical (unpaired) electrons. The molecule has 30 heavy (non-hydrogen) atoms. The van der Waals surface area contributed by atoms with Crippen molar-refractivity contribution in [1.29, 1.82) is 0 Å².